The van der Waals surface area contributed by atoms with Crippen molar-refractivity contribution in [2.75, 3.05) is 39.8 Å². The minimum Gasteiger partial charge on any atom is -0.343 e. The lowest BCUT2D eigenvalue weighted by atomic mass is 10.1. The third kappa shape index (κ3) is 6.03. The topological polar surface area (TPSA) is 35.6 Å². The highest BCUT2D eigenvalue weighted by Gasteiger charge is 2.16. The molecule has 17 heavy (non-hydrogen) atoms. The van der Waals surface area contributed by atoms with E-state index >= 15 is 0 Å². The van der Waals surface area contributed by atoms with Crippen molar-refractivity contribution in [3.8, 4) is 0 Å². The van der Waals surface area contributed by atoms with Crippen LogP contribution in [0.3, 0.4) is 0 Å². The Kier molecular flexibility index (Phi) is 5.40. The van der Waals surface area contributed by atoms with Crippen LogP contribution in [0.5, 0.6) is 0 Å². The van der Waals surface area contributed by atoms with Gasteiger partial charge in [0.2, 0.25) is 5.91 Å². The van der Waals surface area contributed by atoms with Gasteiger partial charge in [0, 0.05) is 25.7 Å². The molecular weight excluding hydrogens is 214 g/mol. The van der Waals surface area contributed by atoms with E-state index < -0.39 is 0 Å². The Bertz CT molecular complexity index is 242. The minimum atomic E-state index is 0.00541. The average Bonchev–Trinajstić information content (AvgIpc) is 2.74. The van der Waals surface area contributed by atoms with Gasteiger partial charge in [0.05, 0.1) is 6.54 Å². The molecule has 0 saturated carbocycles. The van der Waals surface area contributed by atoms with Crippen LogP contribution in [0.1, 0.15) is 33.6 Å². The molecule has 0 aromatic heterocycles. The van der Waals surface area contributed by atoms with E-state index in [1.165, 1.54) is 25.9 Å². The highest BCUT2D eigenvalue weighted by Crippen LogP contribution is 2.06. The number of carbonyl (C=O) groups excluding carboxylic acids is 1. The zero-order chi connectivity index (χ0) is 12.9. The monoisotopic (exact) mass is 241 g/mol. The summed E-state index contributed by atoms with van der Waals surface area (Å²) in [6.45, 7) is 10.9. The molecule has 0 radical (unpaired) electrons. The zero-order valence-corrected chi connectivity index (χ0v) is 11.8. The van der Waals surface area contributed by atoms with Crippen molar-refractivity contribution < 1.29 is 4.79 Å². The second kappa shape index (κ2) is 6.36. The van der Waals surface area contributed by atoms with Crippen LogP contribution >= 0.6 is 0 Å². The Labute approximate surface area is 105 Å². The highest BCUT2D eigenvalue weighted by atomic mass is 16.2. The second-order valence-corrected chi connectivity index (χ2v) is 5.97. The summed E-state index contributed by atoms with van der Waals surface area (Å²) >= 11 is 0. The molecule has 4 nitrogen and oxygen atoms in total. The zero-order valence-electron chi connectivity index (χ0n) is 11.8. The largest absolute Gasteiger partial charge is 0.343 e. The molecule has 100 valence electrons. The number of likely N-dealkylation sites (N-methyl/N-ethyl adjacent to an activating group) is 1. The van der Waals surface area contributed by atoms with E-state index in [0.717, 1.165) is 13.1 Å². The average molecular weight is 241 g/mol. The van der Waals surface area contributed by atoms with Gasteiger partial charge in [0.25, 0.3) is 0 Å². The number of carbonyl (C=O) groups is 1. The number of amides is 1. The lowest BCUT2D eigenvalue weighted by Gasteiger charge is -2.25. The molecule has 1 saturated heterocycles. The number of nitrogens with one attached hydrogen (secondary N) is 1. The van der Waals surface area contributed by atoms with Gasteiger partial charge in [-0.05, 0) is 46.7 Å². The predicted octanol–water partition coefficient (Wildman–Crippen LogP) is 0.929. The summed E-state index contributed by atoms with van der Waals surface area (Å²) in [5.74, 6) is 0.180. The minimum absolute atomic E-state index is 0.00541. The van der Waals surface area contributed by atoms with Crippen LogP contribution in [0.4, 0.5) is 0 Å². The van der Waals surface area contributed by atoms with E-state index in [1.54, 1.807) is 0 Å². The molecule has 0 aromatic rings. The maximum absolute atomic E-state index is 11.8. The van der Waals surface area contributed by atoms with Gasteiger partial charge < -0.3 is 15.1 Å². The summed E-state index contributed by atoms with van der Waals surface area (Å²) in [5.41, 5.74) is 0.00541. The van der Waals surface area contributed by atoms with Gasteiger partial charge in [-0.25, -0.2) is 0 Å². The van der Waals surface area contributed by atoms with Crippen LogP contribution in [-0.2, 0) is 4.79 Å². The van der Waals surface area contributed by atoms with Gasteiger partial charge in [-0.2, -0.15) is 0 Å². The lowest BCUT2D eigenvalue weighted by molar-refractivity contribution is -0.129. The van der Waals surface area contributed by atoms with Crippen LogP contribution in [0.2, 0.25) is 0 Å². The second-order valence-electron chi connectivity index (χ2n) is 5.97. The van der Waals surface area contributed by atoms with Crippen molar-refractivity contribution in [2.24, 2.45) is 0 Å². The van der Waals surface area contributed by atoms with Crippen molar-refractivity contribution in [2.45, 2.75) is 39.2 Å². The molecule has 1 amide bonds. The standard InChI is InChI=1S/C13H27N3O/c1-13(2,3)14-11-12(17)15(4)9-10-16-7-5-6-8-16/h14H,5-11H2,1-4H3. The summed E-state index contributed by atoms with van der Waals surface area (Å²) in [6, 6.07) is 0. The first-order valence-electron chi connectivity index (χ1n) is 6.60. The van der Waals surface area contributed by atoms with Crippen molar-refractivity contribution in [3.63, 3.8) is 0 Å². The van der Waals surface area contributed by atoms with Crippen LogP contribution in [0.15, 0.2) is 0 Å². The molecule has 0 atom stereocenters. The molecule has 1 aliphatic heterocycles. The number of likely N-dealkylation sites (tertiary alicyclic amines) is 1. The lowest BCUT2D eigenvalue weighted by Crippen LogP contribution is -2.45. The molecule has 0 aliphatic carbocycles. The molecule has 1 fully saturated rings. The summed E-state index contributed by atoms with van der Waals surface area (Å²) in [6.07, 6.45) is 2.62. The molecule has 0 bridgehead atoms. The van der Waals surface area contributed by atoms with Gasteiger partial charge >= 0.3 is 0 Å². The number of rotatable bonds is 5. The normalized spacial score (nSPS) is 17.4. The van der Waals surface area contributed by atoms with Gasteiger partial charge in [-0.15, -0.1) is 0 Å². The molecule has 1 aliphatic rings. The number of hydrogen-bond donors (Lipinski definition) is 1. The van der Waals surface area contributed by atoms with Crippen molar-refractivity contribution in [1.82, 2.24) is 15.1 Å². The van der Waals surface area contributed by atoms with Gasteiger partial charge in [-0.1, -0.05) is 0 Å². The molecule has 4 heteroatoms. The summed E-state index contributed by atoms with van der Waals surface area (Å²) in [5, 5.41) is 3.23. The maximum atomic E-state index is 11.8. The fourth-order valence-electron chi connectivity index (χ4n) is 1.90. The molecule has 1 N–H and O–H groups in total. The van der Waals surface area contributed by atoms with Crippen molar-refractivity contribution >= 4 is 5.91 Å². The Hall–Kier alpha value is -0.610. The van der Waals surface area contributed by atoms with E-state index in [0.29, 0.717) is 6.54 Å². The fourth-order valence-corrected chi connectivity index (χ4v) is 1.90. The van der Waals surface area contributed by atoms with E-state index in [-0.39, 0.29) is 11.4 Å². The SMILES string of the molecule is CN(CCN1CCCC1)C(=O)CNC(C)(C)C. The molecule has 1 rings (SSSR count). The Morgan fingerprint density at radius 2 is 1.88 bits per heavy atom. The first-order chi connectivity index (χ1) is 7.88. The van der Waals surface area contributed by atoms with Gasteiger partial charge in [0.1, 0.15) is 0 Å². The Morgan fingerprint density at radius 3 is 2.41 bits per heavy atom. The Balaban J connectivity index is 2.17. The number of nitrogens with zero attached hydrogens (tertiary/aromatic N) is 2. The van der Waals surface area contributed by atoms with Gasteiger partial charge in [0.15, 0.2) is 0 Å². The quantitative estimate of drug-likeness (QED) is 0.778. The third-order valence-electron chi connectivity index (χ3n) is 3.15. The molecule has 0 spiro atoms. The predicted molar refractivity (Wildman–Crippen MR) is 71.1 cm³/mol. The van der Waals surface area contributed by atoms with E-state index in [2.05, 4.69) is 31.0 Å². The molecule has 0 unspecified atom stereocenters. The highest BCUT2D eigenvalue weighted by molar-refractivity contribution is 5.78. The summed E-state index contributed by atoms with van der Waals surface area (Å²) < 4.78 is 0. The first-order valence-corrected chi connectivity index (χ1v) is 6.60. The molecular formula is C13H27N3O. The smallest absolute Gasteiger partial charge is 0.236 e. The van der Waals surface area contributed by atoms with E-state index in [4.69, 9.17) is 0 Å². The fraction of sp³-hybridized carbons (Fsp3) is 0.923. The third-order valence-corrected chi connectivity index (χ3v) is 3.15. The van der Waals surface area contributed by atoms with E-state index in [1.807, 2.05) is 11.9 Å². The van der Waals surface area contributed by atoms with Crippen molar-refractivity contribution in [3.05, 3.63) is 0 Å². The van der Waals surface area contributed by atoms with Crippen LogP contribution < -0.4 is 5.32 Å². The van der Waals surface area contributed by atoms with Crippen LogP contribution in [0, 0.1) is 0 Å². The van der Waals surface area contributed by atoms with E-state index in [9.17, 15) is 4.79 Å². The summed E-state index contributed by atoms with van der Waals surface area (Å²) in [7, 11) is 1.89. The van der Waals surface area contributed by atoms with Crippen LogP contribution in [0.25, 0.3) is 0 Å². The summed E-state index contributed by atoms with van der Waals surface area (Å²) in [4.78, 5) is 16.1. The van der Waals surface area contributed by atoms with Gasteiger partial charge in [-0.3, -0.25) is 4.79 Å². The Morgan fingerprint density at radius 1 is 1.29 bits per heavy atom. The first kappa shape index (κ1) is 14.5. The molecule has 1 heterocycles. The maximum Gasteiger partial charge on any atom is 0.236 e. The molecule has 0 aromatic carbocycles. The van der Waals surface area contributed by atoms with Crippen molar-refractivity contribution in [1.29, 1.82) is 0 Å². The number of hydrogen-bond acceptors (Lipinski definition) is 3. The van der Waals surface area contributed by atoms with Crippen LogP contribution in [-0.4, -0.2) is 61.0 Å².